The van der Waals surface area contributed by atoms with Crippen LogP contribution in [-0.2, 0) is 45.5 Å². The van der Waals surface area contributed by atoms with Gasteiger partial charge < -0.3 is 45.9 Å². The van der Waals surface area contributed by atoms with Gasteiger partial charge in [-0.15, -0.1) is 0 Å². The zero-order chi connectivity index (χ0) is 76.8. The monoisotopic (exact) mass is 1560 g/mol. The Morgan fingerprint density at radius 2 is 1.05 bits per heavy atom. The lowest BCUT2D eigenvalue weighted by Crippen LogP contribution is -2.46. The van der Waals surface area contributed by atoms with Crippen LogP contribution in [0.2, 0.25) is 10.0 Å². The van der Waals surface area contributed by atoms with Crippen LogP contribution in [0.5, 0.6) is 0 Å². The number of ether oxygens (including phenoxy) is 2. The van der Waals surface area contributed by atoms with E-state index in [0.717, 1.165) is 82.9 Å². The van der Waals surface area contributed by atoms with Crippen LogP contribution < -0.4 is 21.7 Å². The first-order valence-corrected chi connectivity index (χ1v) is 39.4. The lowest BCUT2D eigenvalue weighted by atomic mass is 9.92. The molecular weight excluding hydrogens is 1470 g/mol. The molecule has 0 spiro atoms. The van der Waals surface area contributed by atoms with Crippen LogP contribution in [0.1, 0.15) is 105 Å². The molecule has 4 saturated heterocycles. The van der Waals surface area contributed by atoms with E-state index in [0.29, 0.717) is 99.0 Å². The summed E-state index contributed by atoms with van der Waals surface area (Å²) in [6.45, 7) is 16.9. The number of hydrogen-bond donors (Lipinski definition) is 4. The van der Waals surface area contributed by atoms with Gasteiger partial charge in [0.2, 0.25) is 23.0 Å². The lowest BCUT2D eigenvalue weighted by Gasteiger charge is -2.36. The van der Waals surface area contributed by atoms with E-state index < -0.39 is 41.4 Å². The molecule has 4 fully saturated rings. The molecule has 0 radical (unpaired) electrons. The van der Waals surface area contributed by atoms with Crippen molar-refractivity contribution in [1.29, 1.82) is 0 Å². The number of nitro benzene ring substituents is 1. The molecular formula is C76H89Cl3N14O12S2. The molecule has 0 saturated carbocycles. The first kappa shape index (κ1) is 80.3. The van der Waals surface area contributed by atoms with Crippen LogP contribution in [0.15, 0.2) is 168 Å². The maximum absolute atomic E-state index is 13.6. The molecule has 568 valence electrons. The van der Waals surface area contributed by atoms with Gasteiger partial charge >= 0.3 is 12.2 Å². The maximum atomic E-state index is 13.6. The normalized spacial score (nSPS) is 16.7. The van der Waals surface area contributed by atoms with Gasteiger partial charge in [-0.25, -0.2) is 54.3 Å². The highest BCUT2D eigenvalue weighted by molar-refractivity contribution is 7.90. The Labute approximate surface area is 637 Å². The number of halogens is 3. The van der Waals surface area contributed by atoms with Gasteiger partial charge in [0.1, 0.15) is 11.2 Å². The zero-order valence-electron chi connectivity index (χ0n) is 60.4. The van der Waals surface area contributed by atoms with Crippen molar-refractivity contribution in [3.63, 3.8) is 0 Å². The molecule has 31 heteroatoms. The van der Waals surface area contributed by atoms with Gasteiger partial charge in [-0.3, -0.25) is 19.7 Å². The third kappa shape index (κ3) is 21.5. The van der Waals surface area contributed by atoms with Crippen molar-refractivity contribution in [3.8, 4) is 22.5 Å². The van der Waals surface area contributed by atoms with E-state index in [9.17, 15) is 46.1 Å². The van der Waals surface area contributed by atoms with Crippen LogP contribution in [0.3, 0.4) is 0 Å². The Kier molecular flexibility index (Phi) is 26.7. The fraction of sp³-hybridized carbons (Fsp3) is 0.395. The summed E-state index contributed by atoms with van der Waals surface area (Å²) in [5, 5.41) is 22.0. The highest BCUT2D eigenvalue weighted by Gasteiger charge is 2.33. The van der Waals surface area contributed by atoms with Crippen LogP contribution in [-0.4, -0.2) is 169 Å². The molecule has 2 atom stereocenters. The number of para-hydroxylation sites is 2. The number of benzene rings is 5. The summed E-state index contributed by atoms with van der Waals surface area (Å²) in [6, 6.07) is 37.4. The van der Waals surface area contributed by atoms with E-state index in [1.807, 2.05) is 76.8 Å². The zero-order valence-corrected chi connectivity index (χ0v) is 64.3. The van der Waals surface area contributed by atoms with Gasteiger partial charge in [-0.05, 0) is 159 Å². The molecule has 5 aromatic carbocycles. The minimum Gasteiger partial charge on any atom is -0.444 e. The Morgan fingerprint density at radius 3 is 1.50 bits per heavy atom. The number of piperidine rings is 4. The quantitative estimate of drug-likeness (QED) is 0.0421. The number of rotatable bonds is 15. The Balaban J connectivity index is 0.000000176. The molecule has 107 heavy (non-hydrogen) atoms. The average Bonchev–Trinajstić information content (AvgIpc) is 1.61. The molecule has 0 unspecified atom stereocenters. The molecule has 4 aromatic heterocycles. The smallest absolute Gasteiger partial charge is 0.410 e. The predicted octanol–water partition coefficient (Wildman–Crippen LogP) is 13.8. The Hall–Kier alpha value is -9.29. The number of aromatic nitrogens is 6. The van der Waals surface area contributed by atoms with Crippen LogP contribution in [0, 0.1) is 16.0 Å². The second-order valence-electron chi connectivity index (χ2n) is 28.5. The average molecular weight is 1560 g/mol. The molecule has 13 rings (SSSR count). The van der Waals surface area contributed by atoms with Gasteiger partial charge in [0.25, 0.3) is 25.7 Å². The van der Waals surface area contributed by atoms with Crippen molar-refractivity contribution in [3.05, 3.63) is 184 Å². The molecule has 8 heterocycles. The number of anilines is 2. The van der Waals surface area contributed by atoms with E-state index >= 15 is 0 Å². The molecule has 4 aliphatic heterocycles. The van der Waals surface area contributed by atoms with Gasteiger partial charge in [-0.1, -0.05) is 108 Å². The number of nitrogens with one attached hydrogen (secondary N) is 3. The minimum absolute atomic E-state index is 0.00534. The summed E-state index contributed by atoms with van der Waals surface area (Å²) in [5.41, 5.74) is 8.66. The number of carbonyl (C=O) groups is 4. The molecule has 0 bridgehead atoms. The van der Waals surface area contributed by atoms with Crippen molar-refractivity contribution in [2.24, 2.45) is 11.7 Å². The summed E-state index contributed by atoms with van der Waals surface area (Å²) in [5.74, 6) is 1.16. The first-order chi connectivity index (χ1) is 50.9. The topological polar surface area (TPSA) is 331 Å². The van der Waals surface area contributed by atoms with Crippen LogP contribution in [0.4, 0.5) is 27.2 Å². The molecule has 4 aliphatic rings. The van der Waals surface area contributed by atoms with Crippen molar-refractivity contribution in [1.82, 2.24) is 47.9 Å². The molecule has 9 aromatic rings. The van der Waals surface area contributed by atoms with E-state index in [2.05, 4.69) is 30.9 Å². The summed E-state index contributed by atoms with van der Waals surface area (Å²) in [7, 11) is -7.67. The van der Waals surface area contributed by atoms with E-state index in [1.165, 1.54) is 38.4 Å². The number of nitro groups is 1. The Bertz CT molecular complexity index is 4830. The lowest BCUT2D eigenvalue weighted by molar-refractivity contribution is -0.384. The number of carbonyl (C=O) groups excluding carboxylic acids is 4. The highest BCUT2D eigenvalue weighted by Crippen LogP contribution is 2.38. The van der Waals surface area contributed by atoms with Gasteiger partial charge in [0.15, 0.2) is 0 Å². The molecule has 26 nitrogen and oxygen atoms in total. The van der Waals surface area contributed by atoms with E-state index in [1.54, 1.807) is 107 Å². The standard InChI is InChI=1S/C35H41ClN6O5S.C23H22ClN5O2S.C10H20N2O2.C8H6ClNO3/c1-35(2,3)47-34(44)40-18-15-24(16-19-40)20-31(43)41-17-9-10-25(22-41)38-33-37-21-29(36)32(39-33)28-23-42(30-14-8-7-13-27(28)30)48(45,46)26-11-5-4-6-12-26;24-20-14-26-23(27-16-7-6-12-25-13-16)28-22(20)19-15-29(21-11-5-4-10-18(19)21)32(30,31)17-8-2-1-3-9-17;1-10(2,3)14-9(13)12-6-4-8(11)5-7-12;9-8(11)5-6-1-3-7(4-2-6)10(12)13/h4-8,11-14,21,23-25H,9-10,15-20,22H2,1-3H3,(H,37,38,39);1-5,8-11,14-16,25H,6-7,12-13H2,(H,26,27,28);8H,4-7,11H2,1-3H3;1-4H,5H2/t25-;16-;;/m11../s1. The summed E-state index contributed by atoms with van der Waals surface area (Å²) in [6.07, 6.45) is 13.3. The van der Waals surface area contributed by atoms with E-state index in [-0.39, 0.29) is 64.0 Å². The van der Waals surface area contributed by atoms with Gasteiger partial charge in [0.05, 0.1) is 59.6 Å². The number of nitrogens with zero attached hydrogens (tertiary/aromatic N) is 10. The minimum atomic E-state index is -3.88. The Morgan fingerprint density at radius 1 is 0.598 bits per heavy atom. The number of fused-ring (bicyclic) bond motifs is 2. The summed E-state index contributed by atoms with van der Waals surface area (Å²) in [4.78, 5) is 81.5. The summed E-state index contributed by atoms with van der Waals surface area (Å²) >= 11 is 18.3. The third-order valence-corrected chi connectivity index (χ3v) is 22.2. The molecule has 0 aliphatic carbocycles. The van der Waals surface area contributed by atoms with Crippen molar-refractivity contribution >= 4 is 118 Å². The van der Waals surface area contributed by atoms with Crippen LogP contribution in [0.25, 0.3) is 44.3 Å². The third-order valence-electron chi connectivity index (χ3n) is 18.1. The second-order valence-corrected chi connectivity index (χ2v) is 33.4. The molecule has 3 amide bonds. The number of nitrogens with two attached hydrogens (primary N) is 1. The summed E-state index contributed by atoms with van der Waals surface area (Å²) < 4.78 is 67.4. The van der Waals surface area contributed by atoms with Gasteiger partial charge in [-0.2, -0.15) is 0 Å². The van der Waals surface area contributed by atoms with Gasteiger partial charge in [0, 0.05) is 123 Å². The maximum Gasteiger partial charge on any atom is 0.410 e. The largest absolute Gasteiger partial charge is 0.444 e. The predicted molar refractivity (Wildman–Crippen MR) is 415 cm³/mol. The fourth-order valence-corrected chi connectivity index (χ4v) is 16.0. The van der Waals surface area contributed by atoms with E-state index in [4.69, 9.17) is 55.0 Å². The van der Waals surface area contributed by atoms with Crippen molar-refractivity contribution < 1.29 is 50.4 Å². The molecule has 5 N–H and O–H groups in total. The SMILES string of the molecule is CC(C)(C)OC(=O)N1CCC(CC(=O)N2CCC[C@@H](Nc3ncc(Cl)c(-c4cn(S(=O)(=O)c5ccccc5)c5ccccc45)n3)C2)CC1.CC(C)(C)OC(=O)N1CCC(N)CC1.O=C(Cl)Cc1ccc([N+](=O)[O-])cc1.O=S(=O)(c1ccccc1)n1cc(-c2nc(N[C@@H]3CCCNC3)ncc2Cl)c2ccccc21. The van der Waals surface area contributed by atoms with Crippen LogP contribution >= 0.6 is 34.8 Å². The second kappa shape index (κ2) is 35.6. The number of likely N-dealkylation sites (tertiary alicyclic amines) is 3. The first-order valence-electron chi connectivity index (χ1n) is 35.4. The fourth-order valence-electron chi connectivity index (χ4n) is 12.7. The van der Waals surface area contributed by atoms with Crippen molar-refractivity contribution in [2.75, 3.05) is 63.0 Å². The number of amides is 3. The van der Waals surface area contributed by atoms with Crippen molar-refractivity contribution in [2.45, 2.75) is 145 Å². The number of hydrogen-bond acceptors (Lipinski definition) is 20. The highest BCUT2D eigenvalue weighted by atomic mass is 35.5. The number of non-ortho nitro benzene ring substituents is 1.